The molecule has 1 aromatic rings. The zero-order valence-corrected chi connectivity index (χ0v) is 9.90. The molecule has 0 saturated heterocycles. The molecule has 0 aliphatic carbocycles. The first kappa shape index (κ1) is 11.9. The van der Waals surface area contributed by atoms with Crippen molar-refractivity contribution < 1.29 is 14.6 Å². The number of fused-ring (bicyclic) bond motifs is 1. The maximum Gasteiger partial charge on any atom is 0.251 e. The molecule has 0 radical (unpaired) electrons. The Kier molecular flexibility index (Phi) is 3.64. The molecule has 1 heterocycles. The highest BCUT2D eigenvalue weighted by Crippen LogP contribution is 2.25. The molecule has 2 N–H and O–H groups in total. The Balaban J connectivity index is 2.09. The Morgan fingerprint density at radius 1 is 1.59 bits per heavy atom. The zero-order chi connectivity index (χ0) is 12.3. The van der Waals surface area contributed by atoms with Crippen molar-refractivity contribution in [3.05, 3.63) is 29.3 Å². The Morgan fingerprint density at radius 3 is 3.12 bits per heavy atom. The first-order valence-corrected chi connectivity index (χ1v) is 5.92. The molecule has 4 nitrogen and oxygen atoms in total. The average molecular weight is 235 g/mol. The highest BCUT2D eigenvalue weighted by Gasteiger charge is 2.16. The first-order valence-electron chi connectivity index (χ1n) is 5.92. The van der Waals surface area contributed by atoms with Crippen LogP contribution in [0.15, 0.2) is 18.2 Å². The number of nitrogens with one attached hydrogen (secondary N) is 1. The van der Waals surface area contributed by atoms with E-state index in [9.17, 15) is 4.79 Å². The molecule has 1 aromatic carbocycles. The molecule has 1 atom stereocenters. The van der Waals surface area contributed by atoms with E-state index in [1.165, 1.54) is 0 Å². The minimum absolute atomic E-state index is 0.0315. The summed E-state index contributed by atoms with van der Waals surface area (Å²) in [5, 5.41) is 11.8. The van der Waals surface area contributed by atoms with E-state index in [0.717, 1.165) is 24.2 Å². The van der Waals surface area contributed by atoms with Crippen LogP contribution in [-0.4, -0.2) is 30.3 Å². The lowest BCUT2D eigenvalue weighted by molar-refractivity contribution is 0.0915. The van der Waals surface area contributed by atoms with Crippen LogP contribution in [0.25, 0.3) is 0 Å². The predicted octanol–water partition coefficient (Wildman–Crippen LogP) is 1.12. The summed E-state index contributed by atoms with van der Waals surface area (Å²) in [7, 11) is 0. The van der Waals surface area contributed by atoms with Crippen molar-refractivity contribution in [2.45, 2.75) is 25.8 Å². The molecule has 0 aromatic heterocycles. The fraction of sp³-hybridized carbons (Fsp3) is 0.462. The molecule has 17 heavy (non-hydrogen) atoms. The van der Waals surface area contributed by atoms with Crippen molar-refractivity contribution in [2.24, 2.45) is 0 Å². The quantitative estimate of drug-likeness (QED) is 0.822. The van der Waals surface area contributed by atoms with Crippen molar-refractivity contribution in [3.63, 3.8) is 0 Å². The van der Waals surface area contributed by atoms with E-state index in [1.54, 1.807) is 6.07 Å². The van der Waals surface area contributed by atoms with E-state index in [2.05, 4.69) is 5.32 Å². The van der Waals surface area contributed by atoms with Gasteiger partial charge < -0.3 is 15.2 Å². The Morgan fingerprint density at radius 2 is 2.41 bits per heavy atom. The van der Waals surface area contributed by atoms with Gasteiger partial charge in [-0.3, -0.25) is 4.79 Å². The van der Waals surface area contributed by atoms with Crippen LogP contribution in [0.4, 0.5) is 0 Å². The van der Waals surface area contributed by atoms with E-state index in [4.69, 9.17) is 9.84 Å². The summed E-state index contributed by atoms with van der Waals surface area (Å²) in [6.07, 6.45) is 1.57. The minimum atomic E-state index is -0.174. The number of carbonyl (C=O) groups is 1. The van der Waals surface area contributed by atoms with E-state index in [1.807, 2.05) is 19.1 Å². The molecule has 4 heteroatoms. The summed E-state index contributed by atoms with van der Waals surface area (Å²) in [5.74, 6) is 0.733. The van der Waals surface area contributed by atoms with Crippen LogP contribution in [0.5, 0.6) is 5.75 Å². The van der Waals surface area contributed by atoms with Gasteiger partial charge in [0.2, 0.25) is 0 Å². The molecule has 1 aliphatic rings. The second-order valence-corrected chi connectivity index (χ2v) is 4.18. The summed E-state index contributed by atoms with van der Waals surface area (Å²) in [4.78, 5) is 11.9. The molecule has 0 fully saturated rings. The van der Waals surface area contributed by atoms with Gasteiger partial charge in [0, 0.05) is 12.0 Å². The van der Waals surface area contributed by atoms with Gasteiger partial charge in [-0.15, -0.1) is 0 Å². The highest BCUT2D eigenvalue weighted by atomic mass is 16.5. The zero-order valence-electron chi connectivity index (χ0n) is 9.90. The Hall–Kier alpha value is -1.55. The second-order valence-electron chi connectivity index (χ2n) is 4.18. The first-order chi connectivity index (χ1) is 8.24. The third kappa shape index (κ3) is 2.58. The smallest absolute Gasteiger partial charge is 0.251 e. The maximum absolute atomic E-state index is 11.9. The van der Waals surface area contributed by atoms with Crippen LogP contribution in [0, 0.1) is 0 Å². The van der Waals surface area contributed by atoms with Gasteiger partial charge in [-0.25, -0.2) is 0 Å². The fourth-order valence-electron chi connectivity index (χ4n) is 1.87. The molecule has 2 rings (SSSR count). The van der Waals surface area contributed by atoms with Gasteiger partial charge in [0.15, 0.2) is 0 Å². The maximum atomic E-state index is 11.9. The number of aliphatic hydroxyl groups excluding tert-OH is 1. The topological polar surface area (TPSA) is 58.6 Å². The SMILES string of the molecule is CCC(CO)NC(=O)c1ccc2c(c1)CCO2. The molecule has 1 unspecified atom stereocenters. The fourth-order valence-corrected chi connectivity index (χ4v) is 1.87. The molecular weight excluding hydrogens is 218 g/mol. The van der Waals surface area contributed by atoms with Crippen LogP contribution in [0.1, 0.15) is 29.3 Å². The molecule has 1 amide bonds. The van der Waals surface area contributed by atoms with E-state index in [0.29, 0.717) is 12.2 Å². The Labute approximate surface area is 101 Å². The monoisotopic (exact) mass is 235 g/mol. The average Bonchev–Trinajstić information content (AvgIpc) is 2.82. The lowest BCUT2D eigenvalue weighted by Crippen LogP contribution is -2.36. The van der Waals surface area contributed by atoms with Crippen molar-refractivity contribution >= 4 is 5.91 Å². The van der Waals surface area contributed by atoms with Crippen LogP contribution in [0.3, 0.4) is 0 Å². The third-order valence-corrected chi connectivity index (χ3v) is 3.00. The van der Waals surface area contributed by atoms with Crippen molar-refractivity contribution in [2.75, 3.05) is 13.2 Å². The van der Waals surface area contributed by atoms with Gasteiger partial charge in [-0.05, 0) is 30.2 Å². The molecule has 0 spiro atoms. The third-order valence-electron chi connectivity index (χ3n) is 3.00. The highest BCUT2D eigenvalue weighted by molar-refractivity contribution is 5.94. The number of hydrogen-bond donors (Lipinski definition) is 2. The van der Waals surface area contributed by atoms with Crippen molar-refractivity contribution in [3.8, 4) is 5.75 Å². The number of rotatable bonds is 4. The predicted molar refractivity (Wildman–Crippen MR) is 64.3 cm³/mol. The van der Waals surface area contributed by atoms with Gasteiger partial charge in [-0.2, -0.15) is 0 Å². The molecular formula is C13H17NO3. The summed E-state index contributed by atoms with van der Waals surface area (Å²) in [5.41, 5.74) is 1.70. The van der Waals surface area contributed by atoms with Crippen LogP contribution >= 0.6 is 0 Å². The lowest BCUT2D eigenvalue weighted by Gasteiger charge is -2.14. The normalized spacial score (nSPS) is 14.9. The van der Waals surface area contributed by atoms with E-state index < -0.39 is 0 Å². The summed E-state index contributed by atoms with van der Waals surface area (Å²) in [6, 6.07) is 5.27. The van der Waals surface area contributed by atoms with Gasteiger partial charge in [0.05, 0.1) is 19.3 Å². The van der Waals surface area contributed by atoms with Gasteiger partial charge >= 0.3 is 0 Å². The number of carbonyl (C=O) groups excluding carboxylic acids is 1. The largest absolute Gasteiger partial charge is 0.493 e. The summed E-state index contributed by atoms with van der Waals surface area (Å²) < 4.78 is 5.38. The molecule has 1 aliphatic heterocycles. The van der Waals surface area contributed by atoms with E-state index >= 15 is 0 Å². The summed E-state index contributed by atoms with van der Waals surface area (Å²) in [6.45, 7) is 2.59. The number of aliphatic hydroxyl groups is 1. The number of amides is 1. The number of benzene rings is 1. The number of hydrogen-bond acceptors (Lipinski definition) is 3. The molecule has 0 bridgehead atoms. The Bertz CT molecular complexity index is 413. The van der Waals surface area contributed by atoms with Crippen molar-refractivity contribution in [1.29, 1.82) is 0 Å². The molecule has 92 valence electrons. The number of ether oxygens (including phenoxy) is 1. The minimum Gasteiger partial charge on any atom is -0.493 e. The van der Waals surface area contributed by atoms with Crippen molar-refractivity contribution in [1.82, 2.24) is 5.32 Å². The van der Waals surface area contributed by atoms with Gasteiger partial charge in [0.25, 0.3) is 5.91 Å². The van der Waals surface area contributed by atoms with Gasteiger partial charge in [-0.1, -0.05) is 6.92 Å². The van der Waals surface area contributed by atoms with E-state index in [-0.39, 0.29) is 18.6 Å². The van der Waals surface area contributed by atoms with Gasteiger partial charge in [0.1, 0.15) is 5.75 Å². The van der Waals surface area contributed by atoms with Crippen LogP contribution in [0.2, 0.25) is 0 Å². The van der Waals surface area contributed by atoms with Crippen LogP contribution < -0.4 is 10.1 Å². The second kappa shape index (κ2) is 5.19. The molecule has 0 saturated carbocycles. The van der Waals surface area contributed by atoms with Crippen LogP contribution in [-0.2, 0) is 6.42 Å². The standard InChI is InChI=1S/C13H17NO3/c1-2-11(8-15)14-13(16)10-3-4-12-9(7-10)5-6-17-12/h3-4,7,11,15H,2,5-6,8H2,1H3,(H,14,16). The summed E-state index contributed by atoms with van der Waals surface area (Å²) >= 11 is 0. The lowest BCUT2D eigenvalue weighted by atomic mass is 10.1.